The molecule has 108 valence electrons. The molecule has 1 aliphatic heterocycles. The summed E-state index contributed by atoms with van der Waals surface area (Å²) >= 11 is 0. The first kappa shape index (κ1) is 12.9. The molecular formula is C12H16N4O4. The Labute approximate surface area is 115 Å². The lowest BCUT2D eigenvalue weighted by atomic mass is 9.94. The minimum atomic E-state index is -0.908. The SMILES string of the molecule is Cn1cnc([N+](=O)[O-])c1N1CC2CCCC2C1C(=O)O. The number of carboxylic acid groups (broad SMARTS) is 1. The average Bonchev–Trinajstić information content (AvgIpc) is 2.99. The Hall–Kier alpha value is -2.12. The van der Waals surface area contributed by atoms with E-state index in [1.807, 2.05) is 0 Å². The fourth-order valence-corrected chi connectivity index (χ4v) is 3.71. The topological polar surface area (TPSA) is 101 Å². The van der Waals surface area contributed by atoms with E-state index in [1.165, 1.54) is 10.9 Å². The lowest BCUT2D eigenvalue weighted by molar-refractivity contribution is -0.388. The maximum absolute atomic E-state index is 11.6. The maximum Gasteiger partial charge on any atom is 0.406 e. The summed E-state index contributed by atoms with van der Waals surface area (Å²) in [6.45, 7) is 0.558. The lowest BCUT2D eigenvalue weighted by Crippen LogP contribution is -2.40. The van der Waals surface area contributed by atoms with Crippen LogP contribution in [0.2, 0.25) is 0 Å². The summed E-state index contributed by atoms with van der Waals surface area (Å²) in [5.41, 5.74) is 0. The molecule has 3 atom stereocenters. The predicted octanol–water partition coefficient (Wildman–Crippen LogP) is 1.02. The van der Waals surface area contributed by atoms with Gasteiger partial charge in [0.05, 0.1) is 0 Å². The largest absolute Gasteiger partial charge is 0.480 e. The number of rotatable bonds is 3. The van der Waals surface area contributed by atoms with Gasteiger partial charge in [-0.2, -0.15) is 0 Å². The van der Waals surface area contributed by atoms with Crippen LogP contribution in [0.5, 0.6) is 0 Å². The standard InChI is InChI=1S/C12H16N4O4/c1-14-6-13-10(16(19)20)11(14)15-5-7-3-2-4-8(7)9(15)12(17)18/h6-9H,2-5H2,1H3,(H,17,18). The number of hydrogen-bond acceptors (Lipinski definition) is 5. The van der Waals surface area contributed by atoms with E-state index in [9.17, 15) is 20.0 Å². The number of aromatic nitrogens is 2. The second kappa shape index (κ2) is 4.46. The minimum absolute atomic E-state index is 0.0852. The van der Waals surface area contributed by atoms with Gasteiger partial charge in [0, 0.05) is 13.6 Å². The monoisotopic (exact) mass is 280 g/mol. The van der Waals surface area contributed by atoms with E-state index in [1.54, 1.807) is 11.9 Å². The number of hydrogen-bond donors (Lipinski definition) is 1. The quantitative estimate of drug-likeness (QED) is 0.655. The smallest absolute Gasteiger partial charge is 0.406 e. The van der Waals surface area contributed by atoms with Crippen molar-refractivity contribution in [1.82, 2.24) is 9.55 Å². The summed E-state index contributed by atoms with van der Waals surface area (Å²) in [4.78, 5) is 27.5. The molecule has 0 aromatic carbocycles. The molecule has 3 unspecified atom stereocenters. The number of anilines is 1. The lowest BCUT2D eigenvalue weighted by Gasteiger charge is -2.25. The molecule has 0 spiro atoms. The first-order chi connectivity index (χ1) is 9.50. The highest BCUT2D eigenvalue weighted by Crippen LogP contribution is 2.45. The first-order valence-corrected chi connectivity index (χ1v) is 6.66. The highest BCUT2D eigenvalue weighted by molar-refractivity contribution is 5.80. The molecule has 3 rings (SSSR count). The number of aliphatic carboxylic acids is 1. The predicted molar refractivity (Wildman–Crippen MR) is 69.5 cm³/mol. The Bertz CT molecular complexity index is 570. The molecule has 2 fully saturated rings. The van der Waals surface area contributed by atoms with Gasteiger partial charge in [0.1, 0.15) is 6.04 Å². The van der Waals surface area contributed by atoms with Crippen LogP contribution in [0.25, 0.3) is 0 Å². The highest BCUT2D eigenvalue weighted by Gasteiger charge is 2.50. The van der Waals surface area contributed by atoms with Crippen LogP contribution in [-0.4, -0.2) is 38.1 Å². The van der Waals surface area contributed by atoms with Crippen molar-refractivity contribution in [3.63, 3.8) is 0 Å². The van der Waals surface area contributed by atoms with Gasteiger partial charge in [-0.05, 0) is 34.6 Å². The van der Waals surface area contributed by atoms with E-state index in [0.717, 1.165) is 19.3 Å². The van der Waals surface area contributed by atoms with Gasteiger partial charge in [-0.15, -0.1) is 0 Å². The zero-order chi connectivity index (χ0) is 14.4. The van der Waals surface area contributed by atoms with Crippen molar-refractivity contribution in [2.45, 2.75) is 25.3 Å². The van der Waals surface area contributed by atoms with Crippen molar-refractivity contribution < 1.29 is 14.8 Å². The van der Waals surface area contributed by atoms with Gasteiger partial charge >= 0.3 is 11.8 Å². The molecule has 20 heavy (non-hydrogen) atoms. The number of nitrogens with zero attached hydrogens (tertiary/aromatic N) is 4. The third-order valence-corrected chi connectivity index (χ3v) is 4.48. The van der Waals surface area contributed by atoms with Crippen molar-refractivity contribution in [2.24, 2.45) is 18.9 Å². The molecule has 1 N–H and O–H groups in total. The highest BCUT2D eigenvalue weighted by atomic mass is 16.6. The van der Waals surface area contributed by atoms with Gasteiger partial charge < -0.3 is 20.1 Å². The van der Waals surface area contributed by atoms with Gasteiger partial charge in [0.2, 0.25) is 12.1 Å². The second-order valence-corrected chi connectivity index (χ2v) is 5.55. The Morgan fingerprint density at radius 1 is 1.55 bits per heavy atom. The van der Waals surface area contributed by atoms with E-state index in [0.29, 0.717) is 18.3 Å². The first-order valence-electron chi connectivity index (χ1n) is 6.66. The normalized spacial score (nSPS) is 28.6. The average molecular weight is 280 g/mol. The molecule has 0 bridgehead atoms. The van der Waals surface area contributed by atoms with E-state index < -0.39 is 16.9 Å². The molecule has 0 radical (unpaired) electrons. The van der Waals surface area contributed by atoms with Crippen LogP contribution in [-0.2, 0) is 11.8 Å². The third-order valence-electron chi connectivity index (χ3n) is 4.48. The fraction of sp³-hybridized carbons (Fsp3) is 0.667. The van der Waals surface area contributed by atoms with Crippen molar-refractivity contribution in [2.75, 3.05) is 11.4 Å². The summed E-state index contributed by atoms with van der Waals surface area (Å²) in [7, 11) is 1.66. The zero-order valence-corrected chi connectivity index (χ0v) is 11.1. The summed E-state index contributed by atoms with van der Waals surface area (Å²) in [6, 6.07) is -0.684. The Kier molecular flexibility index (Phi) is 2.88. The number of carbonyl (C=O) groups is 1. The van der Waals surface area contributed by atoms with Crippen molar-refractivity contribution in [3.8, 4) is 0 Å². The van der Waals surface area contributed by atoms with E-state index in [-0.39, 0.29) is 11.7 Å². The van der Waals surface area contributed by atoms with Crippen molar-refractivity contribution in [1.29, 1.82) is 0 Å². The molecule has 1 aromatic heterocycles. The second-order valence-electron chi connectivity index (χ2n) is 5.55. The summed E-state index contributed by atoms with van der Waals surface area (Å²) in [5, 5.41) is 20.6. The van der Waals surface area contributed by atoms with Gasteiger partial charge in [0.25, 0.3) is 0 Å². The Balaban J connectivity index is 2.03. The Morgan fingerprint density at radius 2 is 2.30 bits per heavy atom. The van der Waals surface area contributed by atoms with Crippen LogP contribution >= 0.6 is 0 Å². The molecule has 1 aliphatic carbocycles. The van der Waals surface area contributed by atoms with E-state index >= 15 is 0 Å². The van der Waals surface area contributed by atoms with E-state index in [2.05, 4.69) is 4.98 Å². The third kappa shape index (κ3) is 1.75. The maximum atomic E-state index is 11.6. The van der Waals surface area contributed by atoms with Gasteiger partial charge in [-0.3, -0.25) is 4.57 Å². The van der Waals surface area contributed by atoms with Crippen LogP contribution in [0.1, 0.15) is 19.3 Å². The molecule has 1 saturated heterocycles. The number of nitro groups is 1. The summed E-state index contributed by atoms with van der Waals surface area (Å²) in [5.74, 6) is -0.474. The van der Waals surface area contributed by atoms with Crippen LogP contribution in [0.4, 0.5) is 11.6 Å². The number of carboxylic acids is 1. The van der Waals surface area contributed by atoms with Gasteiger partial charge in [-0.25, -0.2) is 4.79 Å². The van der Waals surface area contributed by atoms with Crippen LogP contribution in [0.15, 0.2) is 6.33 Å². The summed E-state index contributed by atoms with van der Waals surface area (Å²) in [6.07, 6.45) is 4.28. The van der Waals surface area contributed by atoms with E-state index in [4.69, 9.17) is 0 Å². The van der Waals surface area contributed by atoms with Gasteiger partial charge in [-0.1, -0.05) is 6.42 Å². The molecule has 8 heteroatoms. The molecular weight excluding hydrogens is 264 g/mol. The van der Waals surface area contributed by atoms with Crippen LogP contribution in [0.3, 0.4) is 0 Å². The van der Waals surface area contributed by atoms with Crippen molar-refractivity contribution in [3.05, 3.63) is 16.4 Å². The number of imidazole rings is 1. The van der Waals surface area contributed by atoms with Crippen LogP contribution < -0.4 is 4.90 Å². The van der Waals surface area contributed by atoms with Crippen LogP contribution in [0, 0.1) is 22.0 Å². The molecule has 1 aromatic rings. The summed E-state index contributed by atoms with van der Waals surface area (Å²) < 4.78 is 1.54. The number of aryl methyl sites for hydroxylation is 1. The Morgan fingerprint density at radius 3 is 2.95 bits per heavy atom. The minimum Gasteiger partial charge on any atom is -0.480 e. The van der Waals surface area contributed by atoms with Crippen molar-refractivity contribution >= 4 is 17.6 Å². The zero-order valence-electron chi connectivity index (χ0n) is 11.1. The van der Waals surface area contributed by atoms with Gasteiger partial charge in [0.15, 0.2) is 0 Å². The fourth-order valence-electron chi connectivity index (χ4n) is 3.71. The molecule has 1 saturated carbocycles. The molecule has 2 aliphatic rings. The molecule has 8 nitrogen and oxygen atoms in total. The molecule has 0 amide bonds. The molecule has 2 heterocycles. The number of fused-ring (bicyclic) bond motifs is 1.